The maximum Gasteiger partial charge on any atom is 0.0728 e. The van der Waals surface area contributed by atoms with E-state index in [0.29, 0.717) is 4.99 Å². The summed E-state index contributed by atoms with van der Waals surface area (Å²) in [6.45, 7) is 1.73. The zero-order valence-electron chi connectivity index (χ0n) is 8.13. The van der Waals surface area contributed by atoms with Crippen LogP contribution in [-0.4, -0.2) is 18.2 Å². The van der Waals surface area contributed by atoms with E-state index in [2.05, 4.69) is 0 Å². The zero-order chi connectivity index (χ0) is 9.52. The minimum Gasteiger partial charge on any atom is -0.393 e. The van der Waals surface area contributed by atoms with Gasteiger partial charge in [-0.3, -0.25) is 0 Å². The molecule has 0 amide bonds. The van der Waals surface area contributed by atoms with E-state index in [1.807, 2.05) is 0 Å². The highest BCUT2D eigenvalue weighted by Crippen LogP contribution is 2.29. The molecule has 0 heterocycles. The first-order valence-corrected chi connectivity index (χ1v) is 5.56. The van der Waals surface area contributed by atoms with Crippen LogP contribution in [0.25, 0.3) is 0 Å². The Morgan fingerprint density at radius 3 is 2.69 bits per heavy atom. The van der Waals surface area contributed by atoms with Crippen LogP contribution in [0.15, 0.2) is 0 Å². The maximum atomic E-state index is 5.48. The number of nitrogens with two attached hydrogens (primary N) is 1. The summed E-state index contributed by atoms with van der Waals surface area (Å²) < 4.78 is 5.48. The Hall–Kier alpha value is -0.150. The van der Waals surface area contributed by atoms with Gasteiger partial charge in [0.2, 0.25) is 0 Å². The highest BCUT2D eigenvalue weighted by Gasteiger charge is 2.16. The van der Waals surface area contributed by atoms with Gasteiger partial charge in [-0.2, -0.15) is 0 Å². The molecular weight excluding hydrogens is 182 g/mol. The standard InChI is InChI=1S/C10H19NOS/c11-10(13)5-2-7-12-8-6-9-3-1-4-9/h9H,1-8H2,(H2,11,13). The van der Waals surface area contributed by atoms with Gasteiger partial charge in [0.25, 0.3) is 0 Å². The van der Waals surface area contributed by atoms with E-state index in [1.165, 1.54) is 25.7 Å². The Morgan fingerprint density at radius 2 is 2.15 bits per heavy atom. The molecule has 0 spiro atoms. The molecule has 1 fully saturated rings. The second kappa shape index (κ2) is 6.33. The van der Waals surface area contributed by atoms with E-state index in [4.69, 9.17) is 22.7 Å². The summed E-state index contributed by atoms with van der Waals surface area (Å²) in [7, 11) is 0. The van der Waals surface area contributed by atoms with E-state index in [0.717, 1.165) is 32.0 Å². The third-order valence-corrected chi connectivity index (χ3v) is 2.81. The van der Waals surface area contributed by atoms with Crippen molar-refractivity contribution in [2.45, 2.75) is 38.5 Å². The minimum absolute atomic E-state index is 0.600. The molecule has 3 heteroatoms. The van der Waals surface area contributed by atoms with E-state index in [1.54, 1.807) is 0 Å². The van der Waals surface area contributed by atoms with Crippen molar-refractivity contribution < 1.29 is 4.74 Å². The molecule has 0 saturated heterocycles. The molecule has 1 saturated carbocycles. The van der Waals surface area contributed by atoms with E-state index < -0.39 is 0 Å². The van der Waals surface area contributed by atoms with Crippen LogP contribution >= 0.6 is 12.2 Å². The average Bonchev–Trinajstić information content (AvgIpc) is 1.99. The van der Waals surface area contributed by atoms with Crippen LogP contribution in [0.4, 0.5) is 0 Å². The van der Waals surface area contributed by atoms with Crippen molar-refractivity contribution in [1.29, 1.82) is 0 Å². The Kier molecular flexibility index (Phi) is 5.32. The van der Waals surface area contributed by atoms with Crippen LogP contribution in [0.3, 0.4) is 0 Å². The molecule has 1 rings (SSSR count). The summed E-state index contributed by atoms with van der Waals surface area (Å²) in [6, 6.07) is 0. The van der Waals surface area contributed by atoms with Gasteiger partial charge in [-0.1, -0.05) is 31.5 Å². The second-order valence-electron chi connectivity index (χ2n) is 3.77. The van der Waals surface area contributed by atoms with E-state index in [-0.39, 0.29) is 0 Å². The lowest BCUT2D eigenvalue weighted by Gasteiger charge is -2.24. The Labute approximate surface area is 85.8 Å². The van der Waals surface area contributed by atoms with Gasteiger partial charge in [0.1, 0.15) is 0 Å². The molecule has 0 aromatic heterocycles. The van der Waals surface area contributed by atoms with Crippen molar-refractivity contribution in [3.8, 4) is 0 Å². The van der Waals surface area contributed by atoms with Crippen molar-refractivity contribution in [3.05, 3.63) is 0 Å². The summed E-state index contributed by atoms with van der Waals surface area (Å²) >= 11 is 4.77. The van der Waals surface area contributed by atoms with Gasteiger partial charge in [0.05, 0.1) is 4.99 Å². The van der Waals surface area contributed by atoms with Crippen molar-refractivity contribution in [2.75, 3.05) is 13.2 Å². The highest BCUT2D eigenvalue weighted by molar-refractivity contribution is 7.80. The van der Waals surface area contributed by atoms with Gasteiger partial charge in [-0.05, 0) is 25.2 Å². The normalized spacial score (nSPS) is 16.9. The molecule has 0 radical (unpaired) electrons. The number of hydrogen-bond acceptors (Lipinski definition) is 2. The van der Waals surface area contributed by atoms with Crippen molar-refractivity contribution in [1.82, 2.24) is 0 Å². The van der Waals surface area contributed by atoms with Gasteiger partial charge in [-0.15, -0.1) is 0 Å². The summed E-state index contributed by atoms with van der Waals surface area (Å²) in [4.78, 5) is 0.600. The highest BCUT2D eigenvalue weighted by atomic mass is 32.1. The molecule has 2 N–H and O–H groups in total. The van der Waals surface area contributed by atoms with E-state index in [9.17, 15) is 0 Å². The first kappa shape index (κ1) is 10.9. The molecule has 0 aromatic carbocycles. The lowest BCUT2D eigenvalue weighted by molar-refractivity contribution is 0.106. The first-order valence-electron chi connectivity index (χ1n) is 5.15. The second-order valence-corrected chi connectivity index (χ2v) is 4.29. The molecule has 0 atom stereocenters. The maximum absolute atomic E-state index is 5.48. The van der Waals surface area contributed by atoms with Crippen molar-refractivity contribution in [2.24, 2.45) is 11.7 Å². The van der Waals surface area contributed by atoms with Gasteiger partial charge in [0, 0.05) is 13.2 Å². The number of hydrogen-bond donors (Lipinski definition) is 1. The quantitative estimate of drug-likeness (QED) is 0.507. The molecule has 2 nitrogen and oxygen atoms in total. The van der Waals surface area contributed by atoms with Crippen molar-refractivity contribution in [3.63, 3.8) is 0 Å². The predicted molar refractivity (Wildman–Crippen MR) is 58.8 cm³/mol. The molecule has 0 aliphatic heterocycles. The third-order valence-electron chi connectivity index (χ3n) is 2.61. The molecule has 1 aliphatic carbocycles. The van der Waals surface area contributed by atoms with Crippen LogP contribution in [0.1, 0.15) is 38.5 Å². The molecule has 1 aliphatic rings. The van der Waals surface area contributed by atoms with Crippen molar-refractivity contribution >= 4 is 17.2 Å². The smallest absolute Gasteiger partial charge is 0.0728 e. The third kappa shape index (κ3) is 5.21. The average molecular weight is 201 g/mol. The van der Waals surface area contributed by atoms with Gasteiger partial charge in [0.15, 0.2) is 0 Å². The Morgan fingerprint density at radius 1 is 1.38 bits per heavy atom. The van der Waals surface area contributed by atoms with Crippen LogP contribution in [-0.2, 0) is 4.74 Å². The largest absolute Gasteiger partial charge is 0.393 e. The van der Waals surface area contributed by atoms with Crippen LogP contribution < -0.4 is 5.73 Å². The van der Waals surface area contributed by atoms with Gasteiger partial charge >= 0.3 is 0 Å². The van der Waals surface area contributed by atoms with Crippen LogP contribution in [0.5, 0.6) is 0 Å². The summed E-state index contributed by atoms with van der Waals surface area (Å²) in [5.74, 6) is 0.954. The van der Waals surface area contributed by atoms with Crippen LogP contribution in [0, 0.1) is 5.92 Å². The zero-order valence-corrected chi connectivity index (χ0v) is 8.94. The fraction of sp³-hybridized carbons (Fsp3) is 0.900. The molecule has 0 unspecified atom stereocenters. The van der Waals surface area contributed by atoms with Crippen LogP contribution in [0.2, 0.25) is 0 Å². The SMILES string of the molecule is NC(=S)CCCOCCC1CCC1. The number of rotatable bonds is 7. The molecule has 76 valence electrons. The topological polar surface area (TPSA) is 35.2 Å². The lowest BCUT2D eigenvalue weighted by Crippen LogP contribution is -2.14. The molecular formula is C10H19NOS. The number of thiocarbonyl (C=S) groups is 1. The Balaban J connectivity index is 1.75. The minimum atomic E-state index is 0.600. The van der Waals surface area contributed by atoms with E-state index >= 15 is 0 Å². The fourth-order valence-electron chi connectivity index (χ4n) is 1.48. The Bertz CT molecular complexity index is 157. The first-order chi connectivity index (χ1) is 6.29. The summed E-state index contributed by atoms with van der Waals surface area (Å²) in [5.41, 5.74) is 5.36. The summed E-state index contributed by atoms with van der Waals surface area (Å²) in [5, 5.41) is 0. The molecule has 0 aromatic rings. The number of ether oxygens (including phenoxy) is 1. The fourth-order valence-corrected chi connectivity index (χ4v) is 1.63. The molecule has 13 heavy (non-hydrogen) atoms. The summed E-state index contributed by atoms with van der Waals surface area (Å²) in [6.07, 6.45) is 7.28. The molecule has 0 bridgehead atoms. The lowest BCUT2D eigenvalue weighted by atomic mass is 9.83. The monoisotopic (exact) mass is 201 g/mol. The van der Waals surface area contributed by atoms with Gasteiger partial charge < -0.3 is 10.5 Å². The van der Waals surface area contributed by atoms with Gasteiger partial charge in [-0.25, -0.2) is 0 Å². The predicted octanol–water partition coefficient (Wildman–Crippen LogP) is 2.26.